The summed E-state index contributed by atoms with van der Waals surface area (Å²) in [6.45, 7) is 3.64. The van der Waals surface area contributed by atoms with Gasteiger partial charge in [-0.1, -0.05) is 47.4 Å². The minimum Gasteiger partial charge on any atom is -0.466 e. The summed E-state index contributed by atoms with van der Waals surface area (Å²) in [7, 11) is 4.63. The standard InChI is InChI=1S/C25H24N2O9S3/c1-24(2)18-12(10-8-7-9-11(19(26)28)14(10)27-24)25(13(20(29)33-3)15(37-18)21(30)34-4)38-16(22(31)35-5)17(39-25)23(32)36-6/h7-9,27H,1-6H3,(H2,26,28). The van der Waals surface area contributed by atoms with Crippen molar-refractivity contribution >= 4 is 76.3 Å². The number of amides is 1. The summed E-state index contributed by atoms with van der Waals surface area (Å²) in [6.07, 6.45) is 0. The molecule has 206 valence electrons. The molecular formula is C25H24N2O9S3. The number of para-hydroxylation sites is 1. The molecule has 3 aliphatic heterocycles. The van der Waals surface area contributed by atoms with Gasteiger partial charge in [0.15, 0.2) is 0 Å². The Morgan fingerprint density at radius 1 is 0.795 bits per heavy atom. The largest absolute Gasteiger partial charge is 0.466 e. The van der Waals surface area contributed by atoms with E-state index in [1.165, 1.54) is 7.11 Å². The number of hydrogen-bond acceptors (Lipinski definition) is 13. The van der Waals surface area contributed by atoms with Crippen molar-refractivity contribution in [2.45, 2.75) is 23.5 Å². The zero-order valence-corrected chi connectivity index (χ0v) is 24.2. The van der Waals surface area contributed by atoms with Gasteiger partial charge in [0.1, 0.15) is 18.8 Å². The average Bonchev–Trinajstić information content (AvgIpc) is 3.30. The molecule has 0 fully saturated rings. The molecule has 0 saturated carbocycles. The van der Waals surface area contributed by atoms with Crippen molar-refractivity contribution in [1.82, 2.24) is 0 Å². The molecule has 0 bridgehead atoms. The van der Waals surface area contributed by atoms with E-state index in [1.807, 2.05) is 13.8 Å². The number of nitrogens with two attached hydrogens (primary N) is 1. The summed E-state index contributed by atoms with van der Waals surface area (Å²) in [5, 5.41) is 3.33. The van der Waals surface area contributed by atoms with Crippen LogP contribution in [0.1, 0.15) is 29.8 Å². The van der Waals surface area contributed by atoms with E-state index < -0.39 is 39.4 Å². The van der Waals surface area contributed by atoms with Gasteiger partial charge < -0.3 is 30.0 Å². The summed E-state index contributed by atoms with van der Waals surface area (Å²) in [6, 6.07) is 4.90. The SMILES string of the molecule is COC(=O)C1=C(C(=O)OC)SC2(S1)C(C(=O)OC)=C(C(=O)OC)SC1=C2c2cccc(C(N)=O)c2NC1(C)C. The first kappa shape index (κ1) is 28.6. The Morgan fingerprint density at radius 2 is 1.31 bits per heavy atom. The predicted octanol–water partition coefficient (Wildman–Crippen LogP) is 2.78. The number of thioether (sulfide) groups is 3. The number of nitrogens with one attached hydrogen (secondary N) is 1. The van der Waals surface area contributed by atoms with Crippen molar-refractivity contribution in [3.05, 3.63) is 54.5 Å². The van der Waals surface area contributed by atoms with Gasteiger partial charge in [-0.25, -0.2) is 19.2 Å². The Balaban J connectivity index is 2.16. The van der Waals surface area contributed by atoms with Gasteiger partial charge in [0, 0.05) is 16.0 Å². The summed E-state index contributed by atoms with van der Waals surface area (Å²) in [5.74, 6) is -4.06. The third-order valence-corrected chi connectivity index (χ3v) is 10.8. The fourth-order valence-electron chi connectivity index (χ4n) is 4.46. The van der Waals surface area contributed by atoms with Crippen molar-refractivity contribution in [1.29, 1.82) is 0 Å². The van der Waals surface area contributed by atoms with E-state index in [0.29, 0.717) is 21.7 Å². The number of fused-ring (bicyclic) bond motifs is 3. The highest BCUT2D eigenvalue weighted by molar-refractivity contribution is 8.26. The molecule has 1 spiro atoms. The Bertz CT molecular complexity index is 1410. The molecule has 3 aliphatic rings. The molecule has 11 nitrogen and oxygen atoms in total. The second-order valence-corrected chi connectivity index (χ2v) is 12.5. The highest BCUT2D eigenvalue weighted by Crippen LogP contribution is 2.70. The zero-order valence-electron chi connectivity index (χ0n) is 21.7. The van der Waals surface area contributed by atoms with Crippen LogP contribution in [-0.4, -0.2) is 67.8 Å². The minimum absolute atomic E-state index is 0.0807. The number of hydrogen-bond donors (Lipinski definition) is 2. The molecule has 4 rings (SSSR count). The van der Waals surface area contributed by atoms with Gasteiger partial charge in [-0.15, -0.1) is 0 Å². The average molecular weight is 593 g/mol. The van der Waals surface area contributed by atoms with Crippen LogP contribution in [0.5, 0.6) is 0 Å². The van der Waals surface area contributed by atoms with Crippen molar-refractivity contribution in [3.8, 4) is 0 Å². The van der Waals surface area contributed by atoms with E-state index in [2.05, 4.69) is 5.32 Å². The maximum absolute atomic E-state index is 13.5. The molecule has 3 heterocycles. The maximum Gasteiger partial charge on any atom is 0.345 e. The number of rotatable bonds is 5. The Hall–Kier alpha value is -3.36. The van der Waals surface area contributed by atoms with Crippen LogP contribution in [-0.2, 0) is 38.1 Å². The lowest BCUT2D eigenvalue weighted by atomic mass is 9.84. The minimum atomic E-state index is -1.63. The molecule has 39 heavy (non-hydrogen) atoms. The summed E-state index contributed by atoms with van der Waals surface area (Å²) in [4.78, 5) is 65.1. The van der Waals surface area contributed by atoms with E-state index in [4.69, 9.17) is 24.7 Å². The molecule has 1 amide bonds. The normalized spacial score (nSPS) is 18.6. The lowest BCUT2D eigenvalue weighted by Gasteiger charge is -2.46. The van der Waals surface area contributed by atoms with Gasteiger partial charge in [0.25, 0.3) is 5.91 Å². The van der Waals surface area contributed by atoms with Crippen LogP contribution in [0, 0.1) is 0 Å². The van der Waals surface area contributed by atoms with Gasteiger partial charge in [-0.2, -0.15) is 0 Å². The molecule has 0 unspecified atom stereocenters. The second-order valence-electron chi connectivity index (χ2n) is 8.80. The zero-order chi connectivity index (χ0) is 28.9. The van der Waals surface area contributed by atoms with Crippen molar-refractivity contribution in [2.75, 3.05) is 33.8 Å². The fourth-order valence-corrected chi connectivity index (χ4v) is 9.48. The summed E-state index contributed by atoms with van der Waals surface area (Å²) < 4.78 is 18.4. The Labute approximate surface area is 236 Å². The maximum atomic E-state index is 13.5. The van der Waals surface area contributed by atoms with E-state index >= 15 is 0 Å². The molecule has 3 N–H and O–H groups in total. The van der Waals surface area contributed by atoms with Crippen molar-refractivity contribution in [3.63, 3.8) is 0 Å². The van der Waals surface area contributed by atoms with Gasteiger partial charge >= 0.3 is 23.9 Å². The lowest BCUT2D eigenvalue weighted by Crippen LogP contribution is -2.44. The second kappa shape index (κ2) is 10.3. The van der Waals surface area contributed by atoms with Crippen molar-refractivity contribution in [2.24, 2.45) is 5.73 Å². The van der Waals surface area contributed by atoms with Gasteiger partial charge in [0.05, 0.1) is 50.8 Å². The smallest absolute Gasteiger partial charge is 0.345 e. The molecule has 0 atom stereocenters. The monoisotopic (exact) mass is 592 g/mol. The van der Waals surface area contributed by atoms with E-state index in [0.717, 1.165) is 56.6 Å². The Morgan fingerprint density at radius 3 is 1.79 bits per heavy atom. The van der Waals surface area contributed by atoms with Crippen LogP contribution in [0.15, 0.2) is 43.4 Å². The first-order valence-corrected chi connectivity index (χ1v) is 13.7. The molecule has 14 heteroatoms. The van der Waals surface area contributed by atoms with Gasteiger partial charge in [-0.05, 0) is 19.9 Å². The van der Waals surface area contributed by atoms with Crippen LogP contribution < -0.4 is 11.1 Å². The molecule has 1 aromatic carbocycles. The summed E-state index contributed by atoms with van der Waals surface area (Å²) in [5.41, 5.74) is 6.15. The first-order valence-electron chi connectivity index (χ1n) is 11.2. The Kier molecular flexibility index (Phi) is 7.58. The highest BCUT2D eigenvalue weighted by Gasteiger charge is 2.60. The van der Waals surface area contributed by atoms with Crippen LogP contribution in [0.25, 0.3) is 5.57 Å². The topological polar surface area (TPSA) is 160 Å². The van der Waals surface area contributed by atoms with Gasteiger partial charge in [0.2, 0.25) is 0 Å². The number of anilines is 1. The lowest BCUT2D eigenvalue weighted by molar-refractivity contribution is -0.138. The highest BCUT2D eigenvalue weighted by atomic mass is 32.2. The van der Waals surface area contributed by atoms with E-state index in [-0.39, 0.29) is 25.9 Å². The first-order chi connectivity index (χ1) is 18.4. The molecule has 1 aromatic rings. The molecular weight excluding hydrogens is 568 g/mol. The van der Waals surface area contributed by atoms with Gasteiger partial charge in [-0.3, -0.25) is 4.79 Å². The van der Waals surface area contributed by atoms with Crippen molar-refractivity contribution < 1.29 is 42.9 Å². The number of benzene rings is 1. The number of primary amides is 1. The molecule has 0 aliphatic carbocycles. The van der Waals surface area contributed by atoms with Crippen LogP contribution in [0.2, 0.25) is 0 Å². The number of ether oxygens (including phenoxy) is 4. The number of carbonyl (C=O) groups excluding carboxylic acids is 5. The number of esters is 4. The molecule has 0 radical (unpaired) electrons. The third kappa shape index (κ3) is 4.39. The van der Waals surface area contributed by atoms with Crippen LogP contribution in [0.4, 0.5) is 5.69 Å². The predicted molar refractivity (Wildman–Crippen MR) is 147 cm³/mol. The molecule has 0 saturated heterocycles. The number of methoxy groups -OCH3 is 4. The van der Waals surface area contributed by atoms with Crippen LogP contribution >= 0.6 is 35.3 Å². The molecule has 0 aromatic heterocycles. The number of carbonyl (C=O) groups is 5. The fraction of sp³-hybridized carbons (Fsp3) is 0.320. The van der Waals surface area contributed by atoms with Crippen LogP contribution in [0.3, 0.4) is 0 Å². The van der Waals surface area contributed by atoms with E-state index in [1.54, 1.807) is 18.2 Å². The summed E-state index contributed by atoms with van der Waals surface area (Å²) >= 11 is 2.71. The van der Waals surface area contributed by atoms with E-state index in [9.17, 15) is 24.0 Å². The third-order valence-electron chi connectivity index (χ3n) is 6.12. The quantitative estimate of drug-likeness (QED) is 0.380.